The van der Waals surface area contributed by atoms with Gasteiger partial charge in [-0.25, -0.2) is 5.84 Å². The van der Waals surface area contributed by atoms with Crippen LogP contribution in [0.1, 0.15) is 5.56 Å². The fourth-order valence-corrected chi connectivity index (χ4v) is 1.52. The molecule has 0 unspecified atom stereocenters. The highest BCUT2D eigenvalue weighted by molar-refractivity contribution is 5.87. The normalized spacial score (nSPS) is 15.1. The minimum Gasteiger partial charge on any atom is -0.356 e. The molecule has 1 rings (SSSR count). The zero-order valence-electron chi connectivity index (χ0n) is 8.91. The van der Waals surface area contributed by atoms with Crippen LogP contribution < -0.4 is 11.3 Å². The molecule has 0 aliphatic rings. The summed E-state index contributed by atoms with van der Waals surface area (Å²) in [7, 11) is 0.801. The van der Waals surface area contributed by atoms with Gasteiger partial charge in [0.15, 0.2) is 0 Å². The first-order valence-corrected chi connectivity index (χ1v) is 4.58. The van der Waals surface area contributed by atoms with Crippen LogP contribution in [0.15, 0.2) is 30.3 Å². The highest BCUT2D eigenvalue weighted by atomic mass is 19.4. The second kappa shape index (κ2) is 4.72. The lowest BCUT2D eigenvalue weighted by Gasteiger charge is -2.32. The average Bonchev–Trinajstić information content (AvgIpc) is 2.30. The van der Waals surface area contributed by atoms with E-state index < -0.39 is 17.7 Å². The molecule has 1 amide bonds. The molecule has 0 aliphatic carbocycles. The minimum absolute atomic E-state index is 0.335. The number of nitrogens with two attached hydrogens (primary N) is 1. The molecule has 1 aromatic rings. The maximum Gasteiger partial charge on any atom is 0.431 e. The van der Waals surface area contributed by atoms with Gasteiger partial charge in [-0.3, -0.25) is 10.2 Å². The lowest BCUT2D eigenvalue weighted by atomic mass is 9.92. The molecule has 7 heteroatoms. The first-order valence-electron chi connectivity index (χ1n) is 4.58. The fraction of sp³-hybridized carbons (Fsp3) is 0.300. The summed E-state index contributed by atoms with van der Waals surface area (Å²) >= 11 is 0. The maximum atomic E-state index is 13.1. The lowest BCUT2D eigenvalue weighted by Crippen LogP contribution is -2.57. The van der Waals surface area contributed by atoms with Crippen molar-refractivity contribution in [1.82, 2.24) is 5.43 Å². The SMILES string of the molecule is CO[C@](C(=O)NN)(c1ccccc1)C(F)(F)F. The third-order valence-electron chi connectivity index (χ3n) is 2.34. The molecule has 1 atom stereocenters. The summed E-state index contributed by atoms with van der Waals surface area (Å²) < 4.78 is 43.6. The fourth-order valence-electron chi connectivity index (χ4n) is 1.52. The van der Waals surface area contributed by atoms with Crippen LogP contribution in [-0.2, 0) is 15.1 Å². The Hall–Kier alpha value is -1.60. The smallest absolute Gasteiger partial charge is 0.356 e. The van der Waals surface area contributed by atoms with Crippen molar-refractivity contribution < 1.29 is 22.7 Å². The van der Waals surface area contributed by atoms with Gasteiger partial charge in [-0.15, -0.1) is 0 Å². The average molecular weight is 248 g/mol. The number of halogens is 3. The summed E-state index contributed by atoms with van der Waals surface area (Å²) in [5.41, 5.74) is -1.95. The van der Waals surface area contributed by atoms with Crippen molar-refractivity contribution in [1.29, 1.82) is 0 Å². The number of hydrogen-bond donors (Lipinski definition) is 2. The number of alkyl halides is 3. The molecule has 0 heterocycles. The molecule has 0 saturated carbocycles. The van der Waals surface area contributed by atoms with Gasteiger partial charge in [0.05, 0.1) is 0 Å². The minimum atomic E-state index is -4.92. The van der Waals surface area contributed by atoms with E-state index >= 15 is 0 Å². The maximum absolute atomic E-state index is 13.1. The van der Waals surface area contributed by atoms with Crippen LogP contribution in [0.3, 0.4) is 0 Å². The second-order valence-electron chi connectivity index (χ2n) is 3.22. The third-order valence-corrected chi connectivity index (χ3v) is 2.34. The number of hydrazine groups is 1. The monoisotopic (exact) mass is 248 g/mol. The molecule has 0 saturated heterocycles. The molecule has 94 valence electrons. The van der Waals surface area contributed by atoms with Gasteiger partial charge in [0, 0.05) is 12.7 Å². The van der Waals surface area contributed by atoms with Gasteiger partial charge in [0.2, 0.25) is 0 Å². The summed E-state index contributed by atoms with van der Waals surface area (Å²) in [5.74, 6) is 3.31. The molecule has 1 aromatic carbocycles. The van der Waals surface area contributed by atoms with Crippen molar-refractivity contribution in [3.05, 3.63) is 35.9 Å². The van der Waals surface area contributed by atoms with E-state index in [1.807, 2.05) is 0 Å². The number of carbonyl (C=O) groups excluding carboxylic acids is 1. The Morgan fingerprint density at radius 2 is 1.82 bits per heavy atom. The van der Waals surface area contributed by atoms with Gasteiger partial charge in [0.1, 0.15) is 0 Å². The molecule has 0 fully saturated rings. The topological polar surface area (TPSA) is 64.3 Å². The number of amides is 1. The van der Waals surface area contributed by atoms with E-state index in [0.29, 0.717) is 0 Å². The Bertz CT molecular complexity index is 394. The molecule has 0 bridgehead atoms. The van der Waals surface area contributed by atoms with Gasteiger partial charge >= 0.3 is 6.18 Å². The van der Waals surface area contributed by atoms with E-state index in [-0.39, 0.29) is 5.56 Å². The predicted octanol–water partition coefficient (Wildman–Crippen LogP) is 1.08. The Morgan fingerprint density at radius 3 is 2.18 bits per heavy atom. The van der Waals surface area contributed by atoms with Crippen LogP contribution in [0.4, 0.5) is 13.2 Å². The Morgan fingerprint density at radius 1 is 1.29 bits per heavy atom. The van der Waals surface area contributed by atoms with E-state index in [4.69, 9.17) is 5.84 Å². The van der Waals surface area contributed by atoms with Crippen LogP contribution >= 0.6 is 0 Å². The summed E-state index contributed by atoms with van der Waals surface area (Å²) in [6, 6.07) is 6.57. The summed E-state index contributed by atoms with van der Waals surface area (Å²) in [6.07, 6.45) is -4.92. The van der Waals surface area contributed by atoms with E-state index in [9.17, 15) is 18.0 Å². The van der Waals surface area contributed by atoms with Crippen molar-refractivity contribution in [3.8, 4) is 0 Å². The number of ether oxygens (including phenoxy) is 1. The van der Waals surface area contributed by atoms with E-state index in [1.54, 1.807) is 0 Å². The van der Waals surface area contributed by atoms with Gasteiger partial charge < -0.3 is 4.74 Å². The molecule has 4 nitrogen and oxygen atoms in total. The highest BCUT2D eigenvalue weighted by Crippen LogP contribution is 2.41. The zero-order valence-corrected chi connectivity index (χ0v) is 8.91. The standard InChI is InChI=1S/C10H11F3N2O2/c1-17-9(8(16)15-14,10(11,12)13)7-5-3-2-4-6-7/h2-6H,14H2,1H3,(H,15,16)/t9-/m0/s1. The van der Waals surface area contributed by atoms with Crippen molar-refractivity contribution in [2.45, 2.75) is 11.8 Å². The Kier molecular flexibility index (Phi) is 3.74. The zero-order chi connectivity index (χ0) is 13.1. The molecule has 0 spiro atoms. The van der Waals surface area contributed by atoms with Crippen LogP contribution in [-0.4, -0.2) is 19.2 Å². The lowest BCUT2D eigenvalue weighted by molar-refractivity contribution is -0.265. The molecule has 3 N–H and O–H groups in total. The van der Waals surface area contributed by atoms with Crippen molar-refractivity contribution in [3.63, 3.8) is 0 Å². The molecular weight excluding hydrogens is 237 g/mol. The molecule has 0 aromatic heterocycles. The van der Waals surface area contributed by atoms with E-state index in [0.717, 1.165) is 19.2 Å². The first kappa shape index (κ1) is 13.5. The van der Waals surface area contributed by atoms with Crippen LogP contribution in [0.2, 0.25) is 0 Å². The summed E-state index contributed by atoms with van der Waals surface area (Å²) in [6.45, 7) is 0. The number of methoxy groups -OCH3 is 1. The van der Waals surface area contributed by atoms with E-state index in [2.05, 4.69) is 4.74 Å². The Labute approximate surface area is 95.5 Å². The third kappa shape index (κ3) is 2.11. The number of nitrogens with one attached hydrogen (secondary N) is 1. The van der Waals surface area contributed by atoms with Gasteiger partial charge in [-0.2, -0.15) is 13.2 Å². The molecule has 0 aliphatic heterocycles. The predicted molar refractivity (Wildman–Crippen MR) is 53.5 cm³/mol. The van der Waals surface area contributed by atoms with Gasteiger partial charge in [-0.05, 0) is 0 Å². The van der Waals surface area contributed by atoms with Crippen molar-refractivity contribution >= 4 is 5.91 Å². The Balaban J connectivity index is 3.43. The largest absolute Gasteiger partial charge is 0.431 e. The first-order chi connectivity index (χ1) is 7.90. The second-order valence-corrected chi connectivity index (χ2v) is 3.22. The van der Waals surface area contributed by atoms with Crippen molar-refractivity contribution in [2.24, 2.45) is 5.84 Å². The summed E-state index contributed by atoms with van der Waals surface area (Å²) in [4.78, 5) is 11.4. The quantitative estimate of drug-likeness (QED) is 0.478. The van der Waals surface area contributed by atoms with Crippen LogP contribution in [0.5, 0.6) is 0 Å². The number of hydrogen-bond acceptors (Lipinski definition) is 3. The molecule has 17 heavy (non-hydrogen) atoms. The van der Waals surface area contributed by atoms with Gasteiger partial charge in [-0.1, -0.05) is 30.3 Å². The number of rotatable bonds is 3. The van der Waals surface area contributed by atoms with Crippen molar-refractivity contribution in [2.75, 3.05) is 7.11 Å². The number of carbonyl (C=O) groups is 1. The van der Waals surface area contributed by atoms with E-state index in [1.165, 1.54) is 23.6 Å². The molecular formula is C10H11F3N2O2. The highest BCUT2D eigenvalue weighted by Gasteiger charge is 2.62. The number of benzene rings is 1. The van der Waals surface area contributed by atoms with Crippen LogP contribution in [0, 0.1) is 0 Å². The molecule has 0 radical (unpaired) electrons. The van der Waals surface area contributed by atoms with Crippen LogP contribution in [0.25, 0.3) is 0 Å². The van der Waals surface area contributed by atoms with Gasteiger partial charge in [0.25, 0.3) is 11.5 Å². The summed E-state index contributed by atoms with van der Waals surface area (Å²) in [5, 5.41) is 0.